The van der Waals surface area contributed by atoms with Crippen LogP contribution in [0.3, 0.4) is 0 Å². The van der Waals surface area contributed by atoms with Gasteiger partial charge in [0.15, 0.2) is 0 Å². The lowest BCUT2D eigenvalue weighted by Gasteiger charge is -2.09. The van der Waals surface area contributed by atoms with Crippen LogP contribution in [-0.2, 0) is 0 Å². The Morgan fingerprint density at radius 1 is 0.952 bits per heavy atom. The number of nitrogens with two attached hydrogens (primary N) is 1. The van der Waals surface area contributed by atoms with Crippen molar-refractivity contribution in [2.75, 3.05) is 11.1 Å². The molecule has 8 heteroatoms. The van der Waals surface area contributed by atoms with E-state index in [2.05, 4.69) is 15.9 Å². The number of hydrogen-bond donors (Lipinski definition) is 2. The van der Waals surface area contributed by atoms with Gasteiger partial charge >= 0.3 is 0 Å². The number of benzene rings is 2. The Morgan fingerprint density at radius 2 is 1.52 bits per heavy atom. The highest BCUT2D eigenvalue weighted by atomic mass is 79.9. The van der Waals surface area contributed by atoms with E-state index in [0.717, 1.165) is 18.2 Å². The van der Waals surface area contributed by atoms with Gasteiger partial charge in [0.25, 0.3) is 5.91 Å². The Labute approximate surface area is 124 Å². The van der Waals surface area contributed by atoms with Crippen LogP contribution < -0.4 is 11.1 Å². The molecular weight excluding hydrogens is 356 g/mol. The van der Waals surface area contributed by atoms with Gasteiger partial charge in [0, 0.05) is 10.5 Å². The number of amides is 1. The zero-order valence-corrected chi connectivity index (χ0v) is 11.8. The van der Waals surface area contributed by atoms with Gasteiger partial charge in [-0.2, -0.15) is 0 Å². The monoisotopic (exact) mass is 362 g/mol. The molecule has 21 heavy (non-hydrogen) atoms. The number of halogens is 5. The molecule has 0 atom stereocenters. The van der Waals surface area contributed by atoms with Crippen LogP contribution in [0.1, 0.15) is 10.4 Å². The van der Waals surface area contributed by atoms with Gasteiger partial charge in [-0.3, -0.25) is 4.79 Å². The lowest BCUT2D eigenvalue weighted by Crippen LogP contribution is -2.17. The van der Waals surface area contributed by atoms with Crippen molar-refractivity contribution in [3.63, 3.8) is 0 Å². The maximum Gasteiger partial charge on any atom is 0.261 e. The molecule has 2 rings (SSSR count). The van der Waals surface area contributed by atoms with E-state index < -0.39 is 46.1 Å². The van der Waals surface area contributed by atoms with E-state index >= 15 is 0 Å². The maximum atomic E-state index is 13.6. The number of rotatable bonds is 2. The zero-order chi connectivity index (χ0) is 15.7. The summed E-state index contributed by atoms with van der Waals surface area (Å²) in [5, 5.41) is 1.94. The van der Waals surface area contributed by atoms with Crippen LogP contribution >= 0.6 is 15.9 Å². The van der Waals surface area contributed by atoms with Crippen molar-refractivity contribution in [1.29, 1.82) is 0 Å². The normalized spacial score (nSPS) is 10.5. The van der Waals surface area contributed by atoms with Gasteiger partial charge in [-0.1, -0.05) is 15.9 Å². The van der Waals surface area contributed by atoms with Gasteiger partial charge in [-0.05, 0) is 18.2 Å². The molecule has 2 aromatic rings. The third-order valence-electron chi connectivity index (χ3n) is 2.57. The van der Waals surface area contributed by atoms with Crippen LogP contribution in [0.2, 0.25) is 0 Å². The van der Waals surface area contributed by atoms with Gasteiger partial charge < -0.3 is 11.1 Å². The van der Waals surface area contributed by atoms with Crippen molar-refractivity contribution in [1.82, 2.24) is 0 Å². The molecule has 0 saturated carbocycles. The van der Waals surface area contributed by atoms with Crippen LogP contribution in [0.5, 0.6) is 0 Å². The van der Waals surface area contributed by atoms with E-state index in [0.29, 0.717) is 6.07 Å². The number of carbonyl (C=O) groups is 1. The first-order valence-electron chi connectivity index (χ1n) is 5.50. The molecule has 0 aromatic heterocycles. The summed E-state index contributed by atoms with van der Waals surface area (Å²) >= 11 is 2.86. The largest absolute Gasteiger partial charge is 0.396 e. The van der Waals surface area contributed by atoms with Gasteiger partial charge in [0.05, 0.1) is 11.4 Å². The first-order valence-corrected chi connectivity index (χ1v) is 6.29. The van der Waals surface area contributed by atoms with Crippen molar-refractivity contribution in [2.45, 2.75) is 0 Å². The fourth-order valence-corrected chi connectivity index (χ4v) is 2.01. The highest BCUT2D eigenvalue weighted by molar-refractivity contribution is 9.10. The van der Waals surface area contributed by atoms with Gasteiger partial charge in [-0.15, -0.1) is 0 Å². The van der Waals surface area contributed by atoms with Crippen LogP contribution in [0.15, 0.2) is 28.7 Å². The Balaban J connectivity index is 2.37. The first-order chi connectivity index (χ1) is 9.79. The van der Waals surface area contributed by atoms with Crippen LogP contribution in [0, 0.1) is 23.3 Å². The fraction of sp³-hybridized carbons (Fsp3) is 0. The Morgan fingerprint density at radius 3 is 2.10 bits per heavy atom. The minimum absolute atomic E-state index is 0.103. The third-order valence-corrected chi connectivity index (χ3v) is 3.03. The summed E-state index contributed by atoms with van der Waals surface area (Å²) in [7, 11) is 0. The van der Waals surface area contributed by atoms with Gasteiger partial charge in [0.2, 0.25) is 0 Å². The Kier molecular flexibility index (Phi) is 4.17. The summed E-state index contributed by atoms with van der Waals surface area (Å²) in [5.41, 5.74) is 3.45. The van der Waals surface area contributed by atoms with Crippen LogP contribution in [0.25, 0.3) is 0 Å². The van der Waals surface area contributed by atoms with E-state index in [4.69, 9.17) is 5.73 Å². The van der Waals surface area contributed by atoms with Crippen LogP contribution in [-0.4, -0.2) is 5.91 Å². The average molecular weight is 363 g/mol. The molecule has 0 saturated heterocycles. The Hall–Kier alpha value is -2.09. The molecule has 0 unspecified atom stereocenters. The quantitative estimate of drug-likeness (QED) is 0.629. The maximum absolute atomic E-state index is 13.6. The number of nitrogen functional groups attached to an aromatic ring is 1. The highest BCUT2D eigenvalue weighted by Crippen LogP contribution is 2.24. The minimum Gasteiger partial charge on any atom is -0.396 e. The number of carbonyl (C=O) groups excluding carboxylic acids is 1. The molecule has 0 fully saturated rings. The van der Waals surface area contributed by atoms with Crippen molar-refractivity contribution >= 4 is 33.2 Å². The molecule has 0 aliphatic heterocycles. The predicted molar refractivity (Wildman–Crippen MR) is 72.8 cm³/mol. The number of anilines is 2. The number of hydrogen-bond acceptors (Lipinski definition) is 2. The highest BCUT2D eigenvalue weighted by Gasteiger charge is 2.20. The summed E-state index contributed by atoms with van der Waals surface area (Å²) in [6, 6.07) is 3.04. The molecule has 0 aliphatic rings. The van der Waals surface area contributed by atoms with Gasteiger partial charge in [-0.25, -0.2) is 17.6 Å². The molecule has 110 valence electrons. The molecule has 0 heterocycles. The second-order valence-corrected chi connectivity index (χ2v) is 4.97. The molecule has 3 nitrogen and oxygen atoms in total. The topological polar surface area (TPSA) is 55.1 Å². The summed E-state index contributed by atoms with van der Waals surface area (Å²) in [5.74, 6) is -5.60. The summed E-state index contributed by atoms with van der Waals surface area (Å²) in [6.45, 7) is 0. The molecule has 0 aliphatic carbocycles. The third kappa shape index (κ3) is 3.15. The molecule has 3 N–H and O–H groups in total. The SMILES string of the molecule is Nc1cc(NC(=O)c2c(F)cc(Br)cc2F)c(F)cc1F. The first kappa shape index (κ1) is 15.3. The second kappa shape index (κ2) is 5.72. The van der Waals surface area contributed by atoms with Crippen LogP contribution in [0.4, 0.5) is 28.9 Å². The van der Waals surface area contributed by atoms with Crippen molar-refractivity contribution < 1.29 is 22.4 Å². The second-order valence-electron chi connectivity index (χ2n) is 4.05. The van der Waals surface area contributed by atoms with E-state index in [1.807, 2.05) is 5.32 Å². The predicted octanol–water partition coefficient (Wildman–Crippen LogP) is 3.84. The molecule has 1 amide bonds. The molecule has 0 bridgehead atoms. The molecule has 2 aromatic carbocycles. The number of nitrogens with one attached hydrogen (secondary N) is 1. The lowest BCUT2D eigenvalue weighted by atomic mass is 10.1. The summed E-state index contributed by atoms with van der Waals surface area (Å²) < 4.78 is 53.8. The van der Waals surface area contributed by atoms with E-state index in [1.54, 1.807) is 0 Å². The Bertz CT molecular complexity index is 713. The van der Waals surface area contributed by atoms with E-state index in [-0.39, 0.29) is 4.47 Å². The minimum atomic E-state index is -1.22. The smallest absolute Gasteiger partial charge is 0.261 e. The van der Waals surface area contributed by atoms with Crippen molar-refractivity contribution in [2.24, 2.45) is 0 Å². The van der Waals surface area contributed by atoms with Crippen molar-refractivity contribution in [3.05, 3.63) is 57.6 Å². The van der Waals surface area contributed by atoms with Crippen molar-refractivity contribution in [3.8, 4) is 0 Å². The average Bonchev–Trinajstić information content (AvgIpc) is 2.34. The van der Waals surface area contributed by atoms with Gasteiger partial charge in [0.1, 0.15) is 28.8 Å². The van der Waals surface area contributed by atoms with E-state index in [9.17, 15) is 22.4 Å². The molecule has 0 radical (unpaired) electrons. The summed E-state index contributed by atoms with van der Waals surface area (Å²) in [6.07, 6.45) is 0. The zero-order valence-electron chi connectivity index (χ0n) is 10.2. The molecule has 0 spiro atoms. The standard InChI is InChI=1S/C13H7BrF4N2O/c14-5-1-8(17)12(9(18)2-5)13(21)20-11-4-10(19)6(15)3-7(11)16/h1-4H,19H2,(H,20,21). The lowest BCUT2D eigenvalue weighted by molar-refractivity contribution is 0.101. The molecular formula is C13H7BrF4N2O. The van der Waals surface area contributed by atoms with E-state index in [1.165, 1.54) is 0 Å². The fourth-order valence-electron chi connectivity index (χ4n) is 1.61. The summed E-state index contributed by atoms with van der Waals surface area (Å²) in [4.78, 5) is 11.8.